The summed E-state index contributed by atoms with van der Waals surface area (Å²) in [6.07, 6.45) is 3.20. The van der Waals surface area contributed by atoms with Crippen LogP contribution in [0.3, 0.4) is 0 Å². The molecule has 16 heavy (non-hydrogen) atoms. The molecule has 1 aliphatic carbocycles. The van der Waals surface area contributed by atoms with Crippen LogP contribution in [0.2, 0.25) is 0 Å². The molecule has 1 aliphatic rings. The van der Waals surface area contributed by atoms with Crippen LogP contribution in [0.5, 0.6) is 0 Å². The number of nitrogens with two attached hydrogens (primary N) is 1. The van der Waals surface area contributed by atoms with Gasteiger partial charge in [-0.1, -0.05) is 13.3 Å². The summed E-state index contributed by atoms with van der Waals surface area (Å²) in [4.78, 5) is 12.1. The van der Waals surface area contributed by atoms with Gasteiger partial charge >= 0.3 is 0 Å². The number of amides is 1. The van der Waals surface area contributed by atoms with Gasteiger partial charge in [0.2, 0.25) is 5.91 Å². The summed E-state index contributed by atoms with van der Waals surface area (Å²) in [5.41, 5.74) is 6.03. The van der Waals surface area contributed by atoms with Gasteiger partial charge in [0.25, 0.3) is 0 Å². The lowest BCUT2D eigenvalue weighted by Crippen LogP contribution is -2.50. The van der Waals surface area contributed by atoms with Crippen molar-refractivity contribution in [3.8, 4) is 0 Å². The van der Waals surface area contributed by atoms with E-state index < -0.39 is 0 Å². The Kier molecular flexibility index (Phi) is 5.22. The Balaban J connectivity index is 2.50. The highest BCUT2D eigenvalue weighted by Crippen LogP contribution is 2.29. The molecule has 0 aromatic rings. The van der Waals surface area contributed by atoms with E-state index in [1.807, 2.05) is 6.92 Å². The second-order valence-electron chi connectivity index (χ2n) is 4.96. The van der Waals surface area contributed by atoms with Gasteiger partial charge in [0, 0.05) is 19.2 Å². The van der Waals surface area contributed by atoms with Crippen LogP contribution < -0.4 is 11.1 Å². The topological polar surface area (TPSA) is 64.3 Å². The molecule has 0 aromatic carbocycles. The number of carbonyl (C=O) groups excluding carboxylic acids is 1. The van der Waals surface area contributed by atoms with Crippen molar-refractivity contribution in [2.75, 3.05) is 13.7 Å². The van der Waals surface area contributed by atoms with Gasteiger partial charge in [-0.15, -0.1) is 0 Å². The van der Waals surface area contributed by atoms with Crippen LogP contribution in [0.15, 0.2) is 0 Å². The first-order valence-electron chi connectivity index (χ1n) is 6.11. The van der Waals surface area contributed by atoms with E-state index in [0.717, 1.165) is 19.3 Å². The molecule has 94 valence electrons. The number of methoxy groups -OCH3 is 1. The first kappa shape index (κ1) is 13.5. The van der Waals surface area contributed by atoms with Crippen LogP contribution in [0, 0.1) is 11.8 Å². The van der Waals surface area contributed by atoms with E-state index in [0.29, 0.717) is 12.5 Å². The molecule has 0 aromatic heterocycles. The van der Waals surface area contributed by atoms with Gasteiger partial charge in [-0.3, -0.25) is 4.79 Å². The van der Waals surface area contributed by atoms with Crippen LogP contribution in [0.25, 0.3) is 0 Å². The number of hydrogen-bond acceptors (Lipinski definition) is 3. The molecule has 1 amide bonds. The van der Waals surface area contributed by atoms with E-state index in [9.17, 15) is 4.79 Å². The van der Waals surface area contributed by atoms with Crippen molar-refractivity contribution in [2.24, 2.45) is 17.6 Å². The summed E-state index contributed by atoms with van der Waals surface area (Å²) in [5, 5.41) is 2.97. The van der Waals surface area contributed by atoms with E-state index >= 15 is 0 Å². The van der Waals surface area contributed by atoms with Crippen LogP contribution in [0.1, 0.15) is 33.1 Å². The van der Waals surface area contributed by atoms with Gasteiger partial charge in [-0.2, -0.15) is 0 Å². The van der Waals surface area contributed by atoms with Crippen molar-refractivity contribution in [1.29, 1.82) is 0 Å². The zero-order valence-electron chi connectivity index (χ0n) is 10.5. The van der Waals surface area contributed by atoms with Crippen LogP contribution in [-0.4, -0.2) is 31.7 Å². The van der Waals surface area contributed by atoms with Gasteiger partial charge in [-0.05, 0) is 25.7 Å². The quantitative estimate of drug-likeness (QED) is 0.751. The molecule has 4 atom stereocenters. The van der Waals surface area contributed by atoms with Crippen molar-refractivity contribution in [3.63, 3.8) is 0 Å². The Morgan fingerprint density at radius 3 is 2.81 bits per heavy atom. The lowest BCUT2D eigenvalue weighted by atomic mass is 9.76. The summed E-state index contributed by atoms with van der Waals surface area (Å²) < 4.78 is 5.00. The molecule has 0 spiro atoms. The molecule has 4 unspecified atom stereocenters. The van der Waals surface area contributed by atoms with E-state index in [1.54, 1.807) is 7.11 Å². The van der Waals surface area contributed by atoms with Crippen molar-refractivity contribution >= 4 is 5.91 Å². The van der Waals surface area contributed by atoms with Gasteiger partial charge in [0.15, 0.2) is 0 Å². The number of hydrogen-bond donors (Lipinski definition) is 2. The maximum atomic E-state index is 12.1. The maximum absolute atomic E-state index is 12.1. The molecule has 1 saturated carbocycles. The molecule has 4 heteroatoms. The number of rotatable bonds is 4. The van der Waals surface area contributed by atoms with Crippen molar-refractivity contribution in [3.05, 3.63) is 0 Å². The largest absolute Gasteiger partial charge is 0.383 e. The summed E-state index contributed by atoms with van der Waals surface area (Å²) >= 11 is 0. The molecule has 3 N–H and O–H groups in total. The summed E-state index contributed by atoms with van der Waals surface area (Å²) in [6.45, 7) is 4.60. The minimum atomic E-state index is -0.0342. The van der Waals surface area contributed by atoms with Crippen LogP contribution in [0.4, 0.5) is 0 Å². The van der Waals surface area contributed by atoms with Gasteiger partial charge < -0.3 is 15.8 Å². The van der Waals surface area contributed by atoms with Crippen molar-refractivity contribution in [1.82, 2.24) is 5.32 Å². The molecule has 0 heterocycles. The average Bonchev–Trinajstić information content (AvgIpc) is 2.17. The first-order chi connectivity index (χ1) is 7.56. The highest BCUT2D eigenvalue weighted by atomic mass is 16.5. The SMILES string of the molecule is COCC(C)NC(=O)C1C(C)CCCC1N. The number of carbonyl (C=O) groups is 1. The predicted molar refractivity (Wildman–Crippen MR) is 64.0 cm³/mol. The number of nitrogens with one attached hydrogen (secondary N) is 1. The van der Waals surface area contributed by atoms with Crippen molar-refractivity contribution in [2.45, 2.75) is 45.2 Å². The van der Waals surface area contributed by atoms with E-state index in [1.165, 1.54) is 0 Å². The third kappa shape index (κ3) is 3.46. The van der Waals surface area contributed by atoms with Gasteiger partial charge in [-0.25, -0.2) is 0 Å². The second-order valence-corrected chi connectivity index (χ2v) is 4.96. The molecule has 0 bridgehead atoms. The Labute approximate surface area is 97.9 Å². The normalized spacial score (nSPS) is 32.1. The van der Waals surface area contributed by atoms with E-state index in [4.69, 9.17) is 10.5 Å². The fourth-order valence-electron chi connectivity index (χ4n) is 2.54. The summed E-state index contributed by atoms with van der Waals surface area (Å²) in [6, 6.07) is 0.0670. The van der Waals surface area contributed by atoms with Crippen LogP contribution >= 0.6 is 0 Å². The molecular weight excluding hydrogens is 204 g/mol. The molecule has 1 rings (SSSR count). The monoisotopic (exact) mass is 228 g/mol. The smallest absolute Gasteiger partial charge is 0.225 e. The average molecular weight is 228 g/mol. The van der Waals surface area contributed by atoms with Gasteiger partial charge in [0.1, 0.15) is 0 Å². The molecular formula is C12H24N2O2. The Bertz CT molecular complexity index is 223. The number of ether oxygens (including phenoxy) is 1. The molecule has 4 nitrogen and oxygen atoms in total. The highest BCUT2D eigenvalue weighted by molar-refractivity contribution is 5.80. The lowest BCUT2D eigenvalue weighted by Gasteiger charge is -2.33. The zero-order valence-corrected chi connectivity index (χ0v) is 10.5. The van der Waals surface area contributed by atoms with E-state index in [-0.39, 0.29) is 23.9 Å². The predicted octanol–water partition coefficient (Wildman–Crippen LogP) is 0.901. The van der Waals surface area contributed by atoms with Crippen molar-refractivity contribution < 1.29 is 9.53 Å². The fourth-order valence-corrected chi connectivity index (χ4v) is 2.54. The summed E-state index contributed by atoms with van der Waals surface area (Å²) in [5.74, 6) is 0.441. The third-order valence-corrected chi connectivity index (χ3v) is 3.38. The maximum Gasteiger partial charge on any atom is 0.225 e. The lowest BCUT2D eigenvalue weighted by molar-refractivity contribution is -0.129. The third-order valence-electron chi connectivity index (χ3n) is 3.38. The van der Waals surface area contributed by atoms with Crippen LogP contribution in [-0.2, 0) is 9.53 Å². The summed E-state index contributed by atoms with van der Waals surface area (Å²) in [7, 11) is 1.64. The Morgan fingerprint density at radius 2 is 2.25 bits per heavy atom. The fraction of sp³-hybridized carbons (Fsp3) is 0.917. The first-order valence-corrected chi connectivity index (χ1v) is 6.11. The molecule has 1 fully saturated rings. The minimum Gasteiger partial charge on any atom is -0.383 e. The second kappa shape index (κ2) is 6.21. The molecule has 0 saturated heterocycles. The Hall–Kier alpha value is -0.610. The standard InChI is InChI=1S/C12H24N2O2/c1-8-5-4-6-10(13)11(8)12(15)14-9(2)7-16-3/h8-11H,4-7,13H2,1-3H3,(H,14,15). The highest BCUT2D eigenvalue weighted by Gasteiger charge is 2.34. The molecule has 0 radical (unpaired) electrons. The van der Waals surface area contributed by atoms with Gasteiger partial charge in [0.05, 0.1) is 12.5 Å². The Morgan fingerprint density at radius 1 is 1.56 bits per heavy atom. The minimum absolute atomic E-state index is 0.0125. The molecule has 0 aliphatic heterocycles. The zero-order chi connectivity index (χ0) is 12.1. The van der Waals surface area contributed by atoms with E-state index in [2.05, 4.69) is 12.2 Å².